The van der Waals surface area contributed by atoms with Crippen LogP contribution in [0.2, 0.25) is 0 Å². The molecular weight excluding hydrogens is 226 g/mol. The van der Waals surface area contributed by atoms with E-state index >= 15 is 0 Å². The van der Waals surface area contributed by atoms with Crippen LogP contribution in [0.1, 0.15) is 20.3 Å². The summed E-state index contributed by atoms with van der Waals surface area (Å²) >= 11 is 5.03. The zero-order valence-corrected chi connectivity index (χ0v) is 10.9. The Bertz CT molecular complexity index is 224. The molecule has 0 aliphatic carbocycles. The minimum absolute atomic E-state index is 0.0848. The molecule has 0 rings (SSSR count). The number of carbonyl (C=O) groups excluding carboxylic acids is 1. The summed E-state index contributed by atoms with van der Waals surface area (Å²) in [4.78, 5) is 11.2. The molecule has 0 aliphatic rings. The first-order valence-corrected chi connectivity index (χ1v) is 5.86. The Hall–Kier alpha value is -0.880. The maximum atomic E-state index is 11.2. The molecule has 0 heterocycles. The fraction of sp³-hybridized carbons (Fsp3) is 0.800. The summed E-state index contributed by atoms with van der Waals surface area (Å²) in [6, 6.07) is -0.322. The van der Waals surface area contributed by atoms with Crippen molar-refractivity contribution in [3.63, 3.8) is 0 Å². The lowest BCUT2D eigenvalue weighted by Crippen LogP contribution is -2.47. The van der Waals surface area contributed by atoms with Crippen LogP contribution in [-0.4, -0.2) is 43.9 Å². The van der Waals surface area contributed by atoms with Gasteiger partial charge in [0.15, 0.2) is 5.11 Å². The zero-order valence-electron chi connectivity index (χ0n) is 10.1. The predicted molar refractivity (Wildman–Crippen MR) is 68.4 cm³/mol. The van der Waals surface area contributed by atoms with Crippen molar-refractivity contribution in [2.45, 2.75) is 26.3 Å². The highest BCUT2D eigenvalue weighted by molar-refractivity contribution is 7.80. The van der Waals surface area contributed by atoms with Gasteiger partial charge in [-0.1, -0.05) is 0 Å². The Morgan fingerprint density at radius 1 is 1.50 bits per heavy atom. The second kappa shape index (κ2) is 9.35. The average molecular weight is 247 g/mol. The normalized spacial score (nSPS) is 11.7. The topological polar surface area (TPSA) is 62.4 Å². The standard InChI is InChI=1S/C10H21N3O2S/c1-4-15-7-5-6-12-10(16)13-8(2)9(14)11-3/h8H,4-7H2,1-3H3,(H,11,14)(H2,12,13,16). The van der Waals surface area contributed by atoms with Crippen LogP contribution in [0.5, 0.6) is 0 Å². The molecule has 0 radical (unpaired) electrons. The fourth-order valence-electron chi connectivity index (χ4n) is 1.05. The molecular formula is C10H21N3O2S. The van der Waals surface area contributed by atoms with Gasteiger partial charge in [0, 0.05) is 26.8 Å². The number of hydrogen-bond donors (Lipinski definition) is 3. The van der Waals surface area contributed by atoms with Crippen molar-refractivity contribution >= 4 is 23.2 Å². The van der Waals surface area contributed by atoms with Gasteiger partial charge in [-0.05, 0) is 32.5 Å². The molecule has 5 nitrogen and oxygen atoms in total. The van der Waals surface area contributed by atoms with E-state index in [0.29, 0.717) is 5.11 Å². The first kappa shape index (κ1) is 15.1. The van der Waals surface area contributed by atoms with Crippen molar-refractivity contribution < 1.29 is 9.53 Å². The van der Waals surface area contributed by atoms with E-state index in [2.05, 4.69) is 16.0 Å². The summed E-state index contributed by atoms with van der Waals surface area (Å²) in [6.45, 7) is 5.91. The third-order valence-corrected chi connectivity index (χ3v) is 2.20. The third kappa shape index (κ3) is 7.42. The number of rotatable bonds is 7. The van der Waals surface area contributed by atoms with Crippen LogP contribution in [0, 0.1) is 0 Å². The summed E-state index contributed by atoms with van der Waals surface area (Å²) in [6.07, 6.45) is 0.893. The first-order chi connectivity index (χ1) is 7.61. The molecule has 0 saturated heterocycles. The Morgan fingerprint density at radius 3 is 2.75 bits per heavy atom. The lowest BCUT2D eigenvalue weighted by molar-refractivity contribution is -0.121. The summed E-state index contributed by atoms with van der Waals surface area (Å²) in [7, 11) is 1.60. The SMILES string of the molecule is CCOCCCNC(=S)NC(C)C(=O)NC. The van der Waals surface area contributed by atoms with Crippen LogP contribution < -0.4 is 16.0 Å². The van der Waals surface area contributed by atoms with Crippen LogP contribution in [-0.2, 0) is 9.53 Å². The van der Waals surface area contributed by atoms with E-state index in [9.17, 15) is 4.79 Å². The average Bonchev–Trinajstić information content (AvgIpc) is 2.27. The molecule has 0 fully saturated rings. The minimum Gasteiger partial charge on any atom is -0.382 e. The number of hydrogen-bond acceptors (Lipinski definition) is 3. The molecule has 0 aliphatic heterocycles. The lowest BCUT2D eigenvalue weighted by Gasteiger charge is -2.15. The van der Waals surface area contributed by atoms with Crippen LogP contribution in [0.3, 0.4) is 0 Å². The smallest absolute Gasteiger partial charge is 0.242 e. The fourth-order valence-corrected chi connectivity index (χ4v) is 1.33. The summed E-state index contributed by atoms with van der Waals surface area (Å²) in [5, 5.41) is 8.94. The number of carbonyl (C=O) groups is 1. The third-order valence-electron chi connectivity index (χ3n) is 1.94. The zero-order chi connectivity index (χ0) is 12.4. The van der Waals surface area contributed by atoms with Gasteiger partial charge in [0.1, 0.15) is 6.04 Å². The number of thiocarbonyl (C=S) groups is 1. The maximum absolute atomic E-state index is 11.2. The number of likely N-dealkylation sites (N-methyl/N-ethyl adjacent to an activating group) is 1. The Kier molecular flexibility index (Phi) is 8.84. The molecule has 0 saturated carbocycles. The molecule has 1 unspecified atom stereocenters. The van der Waals surface area contributed by atoms with E-state index in [1.807, 2.05) is 6.92 Å². The molecule has 1 atom stereocenters. The number of nitrogens with one attached hydrogen (secondary N) is 3. The highest BCUT2D eigenvalue weighted by atomic mass is 32.1. The van der Waals surface area contributed by atoms with Gasteiger partial charge in [0.05, 0.1) is 0 Å². The summed E-state index contributed by atoms with van der Waals surface area (Å²) < 4.78 is 5.18. The van der Waals surface area contributed by atoms with Crippen LogP contribution in [0.4, 0.5) is 0 Å². The quantitative estimate of drug-likeness (QED) is 0.437. The van der Waals surface area contributed by atoms with Crippen molar-refractivity contribution in [1.82, 2.24) is 16.0 Å². The van der Waals surface area contributed by atoms with Gasteiger partial charge in [-0.2, -0.15) is 0 Å². The molecule has 16 heavy (non-hydrogen) atoms. The van der Waals surface area contributed by atoms with Gasteiger partial charge >= 0.3 is 0 Å². The van der Waals surface area contributed by atoms with E-state index in [0.717, 1.165) is 26.2 Å². The van der Waals surface area contributed by atoms with Crippen molar-refractivity contribution in [3.8, 4) is 0 Å². The van der Waals surface area contributed by atoms with E-state index in [1.54, 1.807) is 14.0 Å². The molecule has 94 valence electrons. The van der Waals surface area contributed by atoms with Crippen LogP contribution in [0.15, 0.2) is 0 Å². The van der Waals surface area contributed by atoms with Crippen molar-refractivity contribution in [3.05, 3.63) is 0 Å². The lowest BCUT2D eigenvalue weighted by atomic mass is 10.3. The minimum atomic E-state index is -0.322. The molecule has 0 aromatic rings. The molecule has 0 spiro atoms. The van der Waals surface area contributed by atoms with Gasteiger partial charge in [-0.15, -0.1) is 0 Å². The van der Waals surface area contributed by atoms with Crippen molar-refractivity contribution in [2.24, 2.45) is 0 Å². The maximum Gasteiger partial charge on any atom is 0.242 e. The van der Waals surface area contributed by atoms with Crippen molar-refractivity contribution in [2.75, 3.05) is 26.8 Å². The largest absolute Gasteiger partial charge is 0.382 e. The Labute approximate surface area is 102 Å². The van der Waals surface area contributed by atoms with Gasteiger partial charge < -0.3 is 20.7 Å². The van der Waals surface area contributed by atoms with Gasteiger partial charge in [-0.3, -0.25) is 4.79 Å². The highest BCUT2D eigenvalue weighted by Gasteiger charge is 2.10. The first-order valence-electron chi connectivity index (χ1n) is 5.45. The molecule has 0 aromatic heterocycles. The number of amides is 1. The van der Waals surface area contributed by atoms with E-state index in [1.165, 1.54) is 0 Å². The molecule has 0 aromatic carbocycles. The molecule has 3 N–H and O–H groups in total. The van der Waals surface area contributed by atoms with Crippen molar-refractivity contribution in [1.29, 1.82) is 0 Å². The van der Waals surface area contributed by atoms with Crippen LogP contribution >= 0.6 is 12.2 Å². The van der Waals surface area contributed by atoms with E-state index in [4.69, 9.17) is 17.0 Å². The number of ether oxygens (including phenoxy) is 1. The Morgan fingerprint density at radius 2 is 2.19 bits per heavy atom. The van der Waals surface area contributed by atoms with Gasteiger partial charge in [0.25, 0.3) is 0 Å². The second-order valence-electron chi connectivity index (χ2n) is 3.29. The Balaban J connectivity index is 3.54. The van der Waals surface area contributed by atoms with E-state index < -0.39 is 0 Å². The monoisotopic (exact) mass is 247 g/mol. The summed E-state index contributed by atoms with van der Waals surface area (Å²) in [5.74, 6) is -0.0848. The second-order valence-corrected chi connectivity index (χ2v) is 3.69. The van der Waals surface area contributed by atoms with E-state index in [-0.39, 0.29) is 11.9 Å². The predicted octanol–water partition coefficient (Wildman–Crippen LogP) is 0.0116. The molecule has 6 heteroatoms. The highest BCUT2D eigenvalue weighted by Crippen LogP contribution is 1.83. The molecule has 0 bridgehead atoms. The van der Waals surface area contributed by atoms with Crippen LogP contribution in [0.25, 0.3) is 0 Å². The molecule has 1 amide bonds. The van der Waals surface area contributed by atoms with Gasteiger partial charge in [0.2, 0.25) is 5.91 Å². The summed E-state index contributed by atoms with van der Waals surface area (Å²) in [5.41, 5.74) is 0. The van der Waals surface area contributed by atoms with Gasteiger partial charge in [-0.25, -0.2) is 0 Å².